The highest BCUT2D eigenvalue weighted by Gasteiger charge is 2.08. The van der Waals surface area contributed by atoms with Gasteiger partial charge in [-0.1, -0.05) is 6.58 Å². The predicted octanol–water partition coefficient (Wildman–Crippen LogP) is 2.97. The van der Waals surface area contributed by atoms with E-state index >= 15 is 0 Å². The van der Waals surface area contributed by atoms with Crippen molar-refractivity contribution < 1.29 is 4.39 Å². The van der Waals surface area contributed by atoms with Crippen molar-refractivity contribution in [3.05, 3.63) is 24.1 Å². The van der Waals surface area contributed by atoms with E-state index in [1.54, 1.807) is 0 Å². The van der Waals surface area contributed by atoms with E-state index in [1.807, 2.05) is 0 Å². The minimum Gasteiger partial charge on any atom is -0.215 e. The van der Waals surface area contributed by atoms with Crippen LogP contribution in [0.5, 0.6) is 0 Å². The van der Waals surface area contributed by atoms with Gasteiger partial charge < -0.3 is 0 Å². The lowest BCUT2D eigenvalue weighted by molar-refractivity contribution is 0.641. The Kier molecular flexibility index (Phi) is 2.04. The first-order valence-corrected chi connectivity index (χ1v) is 3.32. The minimum atomic E-state index is 0.696. The van der Waals surface area contributed by atoms with Gasteiger partial charge in [0, 0.05) is 0 Å². The standard InChI is InChI=1S/C8H11F/c1-7-4-2-3-5-8(7)6-9/h6H,1-5H2. The summed E-state index contributed by atoms with van der Waals surface area (Å²) >= 11 is 0. The third-order valence-electron chi connectivity index (χ3n) is 1.76. The van der Waals surface area contributed by atoms with Gasteiger partial charge in [-0.3, -0.25) is 0 Å². The van der Waals surface area contributed by atoms with Gasteiger partial charge >= 0.3 is 0 Å². The topological polar surface area (TPSA) is 0 Å². The molecule has 0 heterocycles. The third kappa shape index (κ3) is 1.41. The quantitative estimate of drug-likeness (QED) is 0.468. The van der Waals surface area contributed by atoms with Crippen LogP contribution in [0.15, 0.2) is 24.1 Å². The van der Waals surface area contributed by atoms with Crippen molar-refractivity contribution in [3.8, 4) is 0 Å². The summed E-state index contributed by atoms with van der Waals surface area (Å²) in [5.74, 6) is 0. The van der Waals surface area contributed by atoms with Crippen LogP contribution in [0.4, 0.5) is 4.39 Å². The number of hydrogen-bond donors (Lipinski definition) is 0. The van der Waals surface area contributed by atoms with Crippen LogP contribution in [0.3, 0.4) is 0 Å². The van der Waals surface area contributed by atoms with Crippen molar-refractivity contribution >= 4 is 0 Å². The van der Waals surface area contributed by atoms with Crippen molar-refractivity contribution in [2.24, 2.45) is 0 Å². The Morgan fingerprint density at radius 3 is 2.44 bits per heavy atom. The zero-order chi connectivity index (χ0) is 6.69. The molecule has 0 amide bonds. The molecule has 0 saturated heterocycles. The fourth-order valence-electron chi connectivity index (χ4n) is 1.12. The lowest BCUT2D eigenvalue weighted by Crippen LogP contribution is -1.95. The van der Waals surface area contributed by atoms with E-state index in [4.69, 9.17) is 0 Å². The molecular weight excluding hydrogens is 115 g/mol. The molecule has 1 rings (SSSR count). The Balaban J connectivity index is 2.60. The third-order valence-corrected chi connectivity index (χ3v) is 1.76. The van der Waals surface area contributed by atoms with Gasteiger partial charge in [-0.15, -0.1) is 0 Å². The molecule has 0 N–H and O–H groups in total. The van der Waals surface area contributed by atoms with Gasteiger partial charge in [0.2, 0.25) is 0 Å². The minimum absolute atomic E-state index is 0.696. The molecule has 0 aliphatic heterocycles. The molecule has 1 aliphatic rings. The van der Waals surface area contributed by atoms with Crippen LogP contribution in [0, 0.1) is 0 Å². The van der Waals surface area contributed by atoms with Crippen molar-refractivity contribution in [1.82, 2.24) is 0 Å². The van der Waals surface area contributed by atoms with Gasteiger partial charge in [-0.25, -0.2) is 4.39 Å². The van der Waals surface area contributed by atoms with Gasteiger partial charge in [0.05, 0.1) is 6.33 Å². The fraction of sp³-hybridized carbons (Fsp3) is 0.500. The van der Waals surface area contributed by atoms with Crippen LogP contribution in [-0.4, -0.2) is 0 Å². The molecule has 1 heteroatoms. The summed E-state index contributed by atoms with van der Waals surface area (Å²) in [7, 11) is 0. The fourth-order valence-corrected chi connectivity index (χ4v) is 1.12. The molecule has 0 aromatic carbocycles. The molecule has 0 aromatic rings. The van der Waals surface area contributed by atoms with E-state index in [0.29, 0.717) is 6.33 Å². The van der Waals surface area contributed by atoms with E-state index in [2.05, 4.69) is 6.58 Å². The van der Waals surface area contributed by atoms with Gasteiger partial charge in [0.15, 0.2) is 0 Å². The molecule has 0 unspecified atom stereocenters. The maximum atomic E-state index is 11.9. The molecule has 9 heavy (non-hydrogen) atoms. The molecule has 1 fully saturated rings. The Morgan fingerprint density at radius 1 is 1.33 bits per heavy atom. The molecule has 1 saturated carbocycles. The average Bonchev–Trinajstić information content (AvgIpc) is 1.89. The predicted molar refractivity (Wildman–Crippen MR) is 36.8 cm³/mol. The molecule has 0 nitrogen and oxygen atoms in total. The van der Waals surface area contributed by atoms with Crippen LogP contribution < -0.4 is 0 Å². The van der Waals surface area contributed by atoms with Gasteiger partial charge in [0.1, 0.15) is 0 Å². The second-order valence-corrected chi connectivity index (χ2v) is 2.45. The van der Waals surface area contributed by atoms with E-state index in [0.717, 1.165) is 30.4 Å². The van der Waals surface area contributed by atoms with Crippen LogP contribution in [0.25, 0.3) is 0 Å². The Hall–Kier alpha value is -0.590. The van der Waals surface area contributed by atoms with E-state index in [1.165, 1.54) is 6.42 Å². The second kappa shape index (κ2) is 2.81. The van der Waals surface area contributed by atoms with Crippen LogP contribution in [0.2, 0.25) is 0 Å². The maximum Gasteiger partial charge on any atom is 0.0901 e. The second-order valence-electron chi connectivity index (χ2n) is 2.45. The van der Waals surface area contributed by atoms with Crippen molar-refractivity contribution in [3.63, 3.8) is 0 Å². The zero-order valence-corrected chi connectivity index (χ0v) is 5.49. The summed E-state index contributed by atoms with van der Waals surface area (Å²) in [6.07, 6.45) is 4.86. The smallest absolute Gasteiger partial charge is 0.0901 e. The van der Waals surface area contributed by atoms with E-state index < -0.39 is 0 Å². The highest BCUT2D eigenvalue weighted by molar-refractivity contribution is 5.28. The molecule has 0 atom stereocenters. The number of rotatable bonds is 0. The maximum absolute atomic E-state index is 11.9. The first kappa shape index (κ1) is 6.53. The molecule has 50 valence electrons. The van der Waals surface area contributed by atoms with Gasteiger partial charge in [-0.05, 0) is 36.8 Å². The summed E-state index contributed by atoms with van der Waals surface area (Å²) in [6.45, 7) is 3.76. The molecule has 0 radical (unpaired) electrons. The monoisotopic (exact) mass is 126 g/mol. The van der Waals surface area contributed by atoms with Crippen LogP contribution in [-0.2, 0) is 0 Å². The number of allylic oxidation sites excluding steroid dienone is 2. The lowest BCUT2D eigenvalue weighted by atomic mass is 9.92. The van der Waals surface area contributed by atoms with E-state index in [-0.39, 0.29) is 0 Å². The largest absolute Gasteiger partial charge is 0.215 e. The molecule has 0 bridgehead atoms. The highest BCUT2D eigenvalue weighted by Crippen LogP contribution is 2.26. The first-order valence-electron chi connectivity index (χ1n) is 3.32. The summed E-state index contributed by atoms with van der Waals surface area (Å²) < 4.78 is 11.9. The van der Waals surface area contributed by atoms with Crippen LogP contribution >= 0.6 is 0 Å². The number of halogens is 1. The lowest BCUT2D eigenvalue weighted by Gasteiger charge is -2.14. The molecule has 1 aliphatic carbocycles. The summed E-state index contributed by atoms with van der Waals surface area (Å²) in [4.78, 5) is 0. The van der Waals surface area contributed by atoms with Gasteiger partial charge in [0.25, 0.3) is 0 Å². The zero-order valence-electron chi connectivity index (χ0n) is 5.49. The summed E-state index contributed by atoms with van der Waals surface area (Å²) in [5.41, 5.74) is 1.81. The SMILES string of the molecule is C=C1CCCCC1=CF. The Morgan fingerprint density at radius 2 is 2.00 bits per heavy atom. The first-order chi connectivity index (χ1) is 4.34. The average molecular weight is 126 g/mol. The van der Waals surface area contributed by atoms with Crippen molar-refractivity contribution in [2.45, 2.75) is 25.7 Å². The van der Waals surface area contributed by atoms with E-state index in [9.17, 15) is 4.39 Å². The molecule has 0 aromatic heterocycles. The van der Waals surface area contributed by atoms with Crippen molar-refractivity contribution in [1.29, 1.82) is 0 Å². The summed E-state index contributed by atoms with van der Waals surface area (Å²) in [5, 5.41) is 0. The molecule has 0 spiro atoms. The normalized spacial score (nSPS) is 25.0. The highest BCUT2D eigenvalue weighted by atomic mass is 19.1. The Bertz CT molecular complexity index is 145. The molecular formula is C8H11F. The Labute approximate surface area is 55.1 Å². The van der Waals surface area contributed by atoms with Crippen LogP contribution in [0.1, 0.15) is 25.7 Å². The van der Waals surface area contributed by atoms with Gasteiger partial charge in [-0.2, -0.15) is 0 Å². The summed E-state index contributed by atoms with van der Waals surface area (Å²) in [6, 6.07) is 0. The number of hydrogen-bond acceptors (Lipinski definition) is 0. The van der Waals surface area contributed by atoms with Crippen molar-refractivity contribution in [2.75, 3.05) is 0 Å².